The zero-order chi connectivity index (χ0) is 18.1. The number of aliphatic hydroxyl groups excluding tert-OH is 1. The van der Waals surface area contributed by atoms with E-state index in [0.29, 0.717) is 12.6 Å². The maximum atomic E-state index is 9.46. The van der Waals surface area contributed by atoms with E-state index < -0.39 is 0 Å². The Hall–Kier alpha value is -0.0800. The molecule has 0 aliphatic heterocycles. The van der Waals surface area contributed by atoms with Crippen LogP contribution in [0.3, 0.4) is 0 Å². The zero-order valence-electron chi connectivity index (χ0n) is 17.5. The van der Waals surface area contributed by atoms with Crippen molar-refractivity contribution in [1.29, 1.82) is 0 Å². The molecule has 1 atom stereocenters. The molecule has 2 nitrogen and oxygen atoms in total. The number of hydrogen-bond acceptors (Lipinski definition) is 1. The minimum absolute atomic E-state index is 0.322. The van der Waals surface area contributed by atoms with Gasteiger partial charge in [-0.1, -0.05) is 90.9 Å². The van der Waals surface area contributed by atoms with E-state index in [4.69, 9.17) is 0 Å². The first-order valence-corrected chi connectivity index (χ1v) is 11.0. The Kier molecular flexibility index (Phi) is 16.3. The number of hydrogen-bond donors (Lipinski definition) is 1. The fourth-order valence-electron chi connectivity index (χ4n) is 3.74. The smallest absolute Gasteiger partial charge is 0.112 e. The molecule has 0 aliphatic carbocycles. The average molecular weight is 343 g/mol. The van der Waals surface area contributed by atoms with Gasteiger partial charge < -0.3 is 9.59 Å². The highest BCUT2D eigenvalue weighted by molar-refractivity contribution is 4.54. The lowest BCUT2D eigenvalue weighted by atomic mass is 10.0. The third-order valence-corrected chi connectivity index (χ3v) is 5.76. The summed E-state index contributed by atoms with van der Waals surface area (Å²) in [6.45, 7) is 6.00. The summed E-state index contributed by atoms with van der Waals surface area (Å²) < 4.78 is 0.977. The fourth-order valence-corrected chi connectivity index (χ4v) is 3.74. The van der Waals surface area contributed by atoms with E-state index in [0.717, 1.165) is 10.9 Å². The van der Waals surface area contributed by atoms with E-state index >= 15 is 0 Å². The minimum Gasteiger partial charge on any atom is -0.390 e. The predicted octanol–water partition coefficient (Wildman–Crippen LogP) is 6.32. The SMILES string of the molecule is CCCCCCCCCCCCCCCC[N+](C)(C)[C@H](CC)CO. The van der Waals surface area contributed by atoms with Gasteiger partial charge in [0.05, 0.1) is 27.2 Å². The number of likely N-dealkylation sites (N-methyl/N-ethyl adjacent to an activating group) is 1. The minimum atomic E-state index is 0.322. The van der Waals surface area contributed by atoms with Gasteiger partial charge in [0.25, 0.3) is 0 Å². The summed E-state index contributed by atoms with van der Waals surface area (Å²) in [5.41, 5.74) is 0. The summed E-state index contributed by atoms with van der Waals surface area (Å²) in [5, 5.41) is 9.46. The van der Waals surface area contributed by atoms with E-state index in [1.54, 1.807) is 0 Å². The number of quaternary nitrogens is 1. The van der Waals surface area contributed by atoms with Crippen molar-refractivity contribution in [3.8, 4) is 0 Å². The normalized spacial score (nSPS) is 13.4. The third-order valence-electron chi connectivity index (χ3n) is 5.76. The summed E-state index contributed by atoms with van der Waals surface area (Å²) in [4.78, 5) is 0. The first-order chi connectivity index (χ1) is 11.6. The zero-order valence-corrected chi connectivity index (χ0v) is 17.5. The van der Waals surface area contributed by atoms with Crippen molar-refractivity contribution in [2.24, 2.45) is 0 Å². The van der Waals surface area contributed by atoms with Crippen LogP contribution in [0.5, 0.6) is 0 Å². The first kappa shape index (κ1) is 23.9. The van der Waals surface area contributed by atoms with E-state index in [-0.39, 0.29) is 0 Å². The van der Waals surface area contributed by atoms with Crippen molar-refractivity contribution >= 4 is 0 Å². The highest BCUT2D eigenvalue weighted by Crippen LogP contribution is 2.15. The fraction of sp³-hybridized carbons (Fsp3) is 1.00. The van der Waals surface area contributed by atoms with E-state index in [9.17, 15) is 5.11 Å². The third kappa shape index (κ3) is 13.2. The van der Waals surface area contributed by atoms with Gasteiger partial charge in [0.2, 0.25) is 0 Å². The lowest BCUT2D eigenvalue weighted by Crippen LogP contribution is -2.50. The topological polar surface area (TPSA) is 20.2 Å². The molecule has 0 saturated heterocycles. The molecule has 0 aromatic rings. The monoisotopic (exact) mass is 342 g/mol. The Morgan fingerprint density at radius 2 is 1.00 bits per heavy atom. The van der Waals surface area contributed by atoms with Crippen molar-refractivity contribution in [1.82, 2.24) is 0 Å². The van der Waals surface area contributed by atoms with Crippen LogP contribution in [0.1, 0.15) is 110 Å². The maximum absolute atomic E-state index is 9.46. The standard InChI is InChI=1S/C22H48NO/c1-5-7-8-9-10-11-12-13-14-15-16-17-18-19-20-23(3,4)22(6-2)21-24/h22,24H,5-21H2,1-4H3/q+1/t22-/m1/s1. The van der Waals surface area contributed by atoms with Crippen molar-refractivity contribution in [2.45, 2.75) is 116 Å². The molecule has 0 aromatic heterocycles. The number of unbranched alkanes of at least 4 members (excludes halogenated alkanes) is 13. The Balaban J connectivity index is 3.31. The molecule has 24 heavy (non-hydrogen) atoms. The Morgan fingerprint density at radius 1 is 0.625 bits per heavy atom. The molecule has 0 rings (SSSR count). The van der Waals surface area contributed by atoms with Crippen molar-refractivity contribution < 1.29 is 9.59 Å². The first-order valence-electron chi connectivity index (χ1n) is 11.0. The summed E-state index contributed by atoms with van der Waals surface area (Å²) in [6.07, 6.45) is 20.9. The Labute approximate surface area is 153 Å². The van der Waals surface area contributed by atoms with Crippen LogP contribution in [0.2, 0.25) is 0 Å². The summed E-state index contributed by atoms with van der Waals surface area (Å²) in [5.74, 6) is 0. The van der Waals surface area contributed by atoms with Crippen molar-refractivity contribution in [3.05, 3.63) is 0 Å². The van der Waals surface area contributed by atoms with E-state index in [1.807, 2.05) is 0 Å². The second kappa shape index (κ2) is 16.4. The summed E-state index contributed by atoms with van der Waals surface area (Å²) in [7, 11) is 4.54. The van der Waals surface area contributed by atoms with Crippen LogP contribution in [0.25, 0.3) is 0 Å². The van der Waals surface area contributed by atoms with Gasteiger partial charge in [0.15, 0.2) is 0 Å². The number of aliphatic hydroxyl groups is 1. The van der Waals surface area contributed by atoms with Gasteiger partial charge in [-0.2, -0.15) is 0 Å². The largest absolute Gasteiger partial charge is 0.390 e. The Bertz CT molecular complexity index is 248. The second-order valence-electron chi connectivity index (χ2n) is 8.34. The molecule has 0 spiro atoms. The van der Waals surface area contributed by atoms with Crippen LogP contribution < -0.4 is 0 Å². The van der Waals surface area contributed by atoms with Gasteiger partial charge in [-0.05, 0) is 19.3 Å². The van der Waals surface area contributed by atoms with Gasteiger partial charge in [0.1, 0.15) is 6.04 Å². The highest BCUT2D eigenvalue weighted by Gasteiger charge is 2.24. The molecule has 0 unspecified atom stereocenters. The predicted molar refractivity (Wildman–Crippen MR) is 108 cm³/mol. The summed E-state index contributed by atoms with van der Waals surface area (Å²) in [6, 6.07) is 0.409. The van der Waals surface area contributed by atoms with E-state index in [2.05, 4.69) is 27.9 Å². The van der Waals surface area contributed by atoms with Crippen LogP contribution in [0.15, 0.2) is 0 Å². The Morgan fingerprint density at radius 3 is 1.33 bits per heavy atom. The van der Waals surface area contributed by atoms with Gasteiger partial charge in [-0.25, -0.2) is 0 Å². The molecule has 0 bridgehead atoms. The van der Waals surface area contributed by atoms with Crippen molar-refractivity contribution in [3.63, 3.8) is 0 Å². The van der Waals surface area contributed by atoms with E-state index in [1.165, 1.54) is 96.4 Å². The quantitative estimate of drug-likeness (QED) is 0.228. The lowest BCUT2D eigenvalue weighted by molar-refractivity contribution is -0.915. The highest BCUT2D eigenvalue weighted by atomic mass is 16.3. The molecular formula is C22H48NO+. The molecule has 0 saturated carbocycles. The number of nitrogens with zero attached hydrogens (tertiary/aromatic N) is 1. The molecular weight excluding hydrogens is 294 g/mol. The molecule has 0 aromatic carbocycles. The number of rotatable bonds is 18. The molecule has 0 aliphatic rings. The van der Waals surface area contributed by atoms with Gasteiger partial charge in [0, 0.05) is 0 Å². The molecule has 1 N–H and O–H groups in total. The molecule has 0 radical (unpaired) electrons. The van der Waals surface area contributed by atoms with Gasteiger partial charge >= 0.3 is 0 Å². The molecule has 146 valence electrons. The summed E-state index contributed by atoms with van der Waals surface area (Å²) >= 11 is 0. The second-order valence-corrected chi connectivity index (χ2v) is 8.34. The molecule has 0 heterocycles. The van der Waals surface area contributed by atoms with Crippen LogP contribution in [-0.2, 0) is 0 Å². The van der Waals surface area contributed by atoms with Crippen LogP contribution in [0, 0.1) is 0 Å². The average Bonchev–Trinajstić information content (AvgIpc) is 2.56. The molecule has 0 fully saturated rings. The van der Waals surface area contributed by atoms with Crippen LogP contribution in [-0.4, -0.2) is 42.9 Å². The van der Waals surface area contributed by atoms with Crippen LogP contribution >= 0.6 is 0 Å². The van der Waals surface area contributed by atoms with Gasteiger partial charge in [-0.15, -0.1) is 0 Å². The lowest BCUT2D eigenvalue weighted by Gasteiger charge is -2.36. The molecule has 0 amide bonds. The van der Waals surface area contributed by atoms with Crippen molar-refractivity contribution in [2.75, 3.05) is 27.2 Å². The maximum Gasteiger partial charge on any atom is 0.112 e. The molecule has 2 heteroatoms. The van der Waals surface area contributed by atoms with Gasteiger partial charge in [-0.3, -0.25) is 0 Å². The van der Waals surface area contributed by atoms with Crippen LogP contribution in [0.4, 0.5) is 0 Å².